The molecule has 29 heteroatoms. The predicted molar refractivity (Wildman–Crippen MR) is 428 cm³/mol. The van der Waals surface area contributed by atoms with Crippen LogP contribution in [0.5, 0.6) is 0 Å². The van der Waals surface area contributed by atoms with E-state index in [2.05, 4.69) is 15.9 Å². The molecule has 21 nitrogen and oxygen atoms in total. The Kier molecular flexibility index (Phi) is 28.8. The van der Waals surface area contributed by atoms with Crippen molar-refractivity contribution in [3.05, 3.63) is 200 Å². The van der Waals surface area contributed by atoms with Crippen LogP contribution in [0.15, 0.2) is 124 Å². The summed E-state index contributed by atoms with van der Waals surface area (Å²) in [7, 11) is -1.04. The van der Waals surface area contributed by atoms with E-state index in [9.17, 15) is 61.4 Å². The number of aldehydes is 1. The third-order valence-corrected chi connectivity index (χ3v) is 23.3. The van der Waals surface area contributed by atoms with E-state index >= 15 is 0 Å². The average Bonchev–Trinajstić information content (AvgIpc) is 1.65. The lowest BCUT2D eigenvalue weighted by atomic mass is 9.84. The minimum atomic E-state index is -4.64. The van der Waals surface area contributed by atoms with Crippen LogP contribution in [0.3, 0.4) is 0 Å². The maximum atomic E-state index is 13.8. The molecule has 108 heavy (non-hydrogen) atoms. The molecule has 9 aromatic rings. The van der Waals surface area contributed by atoms with E-state index in [1.807, 2.05) is 112 Å². The molecule has 0 amide bonds. The second kappa shape index (κ2) is 35.7. The number of aromatic nitrogens is 6. The number of carboxylic acid groups (broad SMARTS) is 1. The second-order valence-electron chi connectivity index (χ2n) is 30.1. The fraction of sp³-hybridized carbons (Fsp3) is 0.494. The number of aliphatic carboxylic acids is 1. The number of esters is 2. The first-order valence-electron chi connectivity index (χ1n) is 36.0. The molecule has 3 aliphatic rings. The summed E-state index contributed by atoms with van der Waals surface area (Å²) < 4.78 is 57.3. The van der Waals surface area contributed by atoms with Gasteiger partial charge in [0, 0.05) is 30.8 Å². The third-order valence-electron chi connectivity index (χ3n) is 18.1. The molecule has 586 valence electrons. The number of aryl methyl sites for hydroxylation is 9. The van der Waals surface area contributed by atoms with Gasteiger partial charge in [0.2, 0.25) is 6.29 Å². The molecular formula is C79H101BBrF3N6O15S3. The summed E-state index contributed by atoms with van der Waals surface area (Å²) in [5, 5.41) is 27.7. The SMILES string of the molecule is C.Cc1c(Br)sc2c1c(=O)n(C(C)(C)C(=O)OC(C)(C)C)c(=O)n2CCc1ccccc1.Cc1c(C2CC2)sc2c1c(=O)n(C(C)(C)C(=O)O)c(=O)n2CCc1ccccc1.Cc1c(C2CC2)sc2c1c(=O)n(C(C)(C)C(=O)OC(C)(C)C)c(=O)n2CCc1ccccc1.O=CC(F)(F)F.OB(O)C1CC1.[2H]CC. The number of fused-ring (bicyclic) bond motifs is 3. The van der Waals surface area contributed by atoms with E-state index in [0.717, 1.165) is 94.3 Å². The fourth-order valence-electron chi connectivity index (χ4n) is 11.7. The van der Waals surface area contributed by atoms with Crippen molar-refractivity contribution in [3.63, 3.8) is 0 Å². The number of alkyl halides is 3. The van der Waals surface area contributed by atoms with E-state index in [1.165, 1.54) is 41.4 Å². The predicted octanol–water partition coefficient (Wildman–Crippen LogP) is 14.9. The maximum Gasteiger partial charge on any atom is 0.454 e. The molecule has 6 aromatic heterocycles. The Labute approximate surface area is 648 Å². The summed E-state index contributed by atoms with van der Waals surface area (Å²) in [6, 6.07) is 29.6. The molecule has 0 saturated heterocycles. The van der Waals surface area contributed by atoms with Crippen molar-refractivity contribution < 1.29 is 58.3 Å². The molecule has 0 spiro atoms. The van der Waals surface area contributed by atoms with Gasteiger partial charge in [-0.3, -0.25) is 32.9 Å². The molecule has 3 fully saturated rings. The van der Waals surface area contributed by atoms with Crippen LogP contribution in [0.2, 0.25) is 5.82 Å². The maximum absolute atomic E-state index is 13.8. The highest BCUT2D eigenvalue weighted by Crippen LogP contribution is 2.48. The summed E-state index contributed by atoms with van der Waals surface area (Å²) in [4.78, 5) is 132. The zero-order valence-electron chi connectivity index (χ0n) is 64.4. The highest BCUT2D eigenvalue weighted by atomic mass is 79.9. The smallest absolute Gasteiger partial charge is 0.454 e. The highest BCUT2D eigenvalue weighted by molar-refractivity contribution is 9.11. The van der Waals surface area contributed by atoms with Gasteiger partial charge in [0.25, 0.3) is 16.7 Å². The van der Waals surface area contributed by atoms with Crippen LogP contribution in [0.25, 0.3) is 30.6 Å². The van der Waals surface area contributed by atoms with Crippen LogP contribution in [0.1, 0.15) is 199 Å². The van der Waals surface area contributed by atoms with E-state index in [1.54, 1.807) is 101 Å². The Bertz CT molecular complexity index is 5110. The molecule has 3 aliphatic carbocycles. The van der Waals surface area contributed by atoms with Gasteiger partial charge in [-0.1, -0.05) is 125 Å². The first kappa shape index (κ1) is 87.1. The number of hydrogen-bond acceptors (Lipinski definition) is 17. The fourth-order valence-corrected chi connectivity index (χ4v) is 16.4. The summed E-state index contributed by atoms with van der Waals surface area (Å²) in [5.74, 6) is -1.30. The van der Waals surface area contributed by atoms with Crippen LogP contribution in [0.4, 0.5) is 13.2 Å². The molecule has 6 heterocycles. The Hall–Kier alpha value is -8.09. The van der Waals surface area contributed by atoms with Crippen LogP contribution in [0, 0.1) is 20.8 Å². The van der Waals surface area contributed by atoms with E-state index in [-0.39, 0.29) is 13.2 Å². The number of carboxylic acids is 1. The van der Waals surface area contributed by atoms with Crippen molar-refractivity contribution in [2.24, 2.45) is 0 Å². The van der Waals surface area contributed by atoms with Crippen LogP contribution in [-0.2, 0) is 84.2 Å². The Morgan fingerprint density at radius 2 is 0.806 bits per heavy atom. The molecular weight excluding hydrogens is 1520 g/mol. The quantitative estimate of drug-likeness (QED) is 0.0409. The molecule has 0 unspecified atom stereocenters. The number of hydrogen-bond donors (Lipinski definition) is 3. The number of nitrogens with zero attached hydrogens (tertiary/aromatic N) is 6. The third kappa shape index (κ3) is 21.1. The second-order valence-corrected chi connectivity index (χ2v) is 34.5. The van der Waals surface area contributed by atoms with Crippen molar-refractivity contribution in [1.29, 1.82) is 0 Å². The number of benzene rings is 3. The summed E-state index contributed by atoms with van der Waals surface area (Å²) in [6.07, 6.45) is 2.60. The minimum Gasteiger partial charge on any atom is -0.480 e. The standard InChI is InChI=1S/C26H32N2O4S.C23H27BrN2O4S.C22H24N2O4S.C3H7BO2.C2HF3O.C2H6.CH4/c1-16-19-21(29)28(26(5,6)23(30)32-25(2,3)4)24(31)27(15-14-17-10-8-7-9-11-17)22(19)33-20(16)18-12-13-18;1-14-16-18(27)26(23(5,6)20(28)30-22(2,3)4)21(29)25(19(16)31-17(14)24)13-12-15-10-8-7-9-11-15;1-13-16-18(25)24(22(2,3)20(26)27)21(28)23(12-11-14-7-5-4-6-8-14)19(16)29-17(13)15-9-10-15;5-4(6)3-1-2-3;3-2(4,5)1-6;1-2;/h7-11,18H,12-15H2,1-6H3;7-11H,12-13H2,1-6H3;4-8,15H,9-12H2,1-3H3,(H,26,27);3,5-6H,1-2H2;1H;1-2H3;1H4/i;;;;;1D;. The van der Waals surface area contributed by atoms with Gasteiger partial charge in [0.15, 0.2) is 0 Å². The van der Waals surface area contributed by atoms with E-state index in [0.29, 0.717) is 88.3 Å². The molecule has 3 aromatic carbocycles. The molecule has 0 aliphatic heterocycles. The molecule has 0 bridgehead atoms. The summed E-state index contributed by atoms with van der Waals surface area (Å²) in [5.41, 5.74) is -3.11. The lowest BCUT2D eigenvalue weighted by Crippen LogP contribution is -2.54. The number of ether oxygens (including phenoxy) is 2. The number of halogens is 4. The monoisotopic (exact) mass is 1620 g/mol. The largest absolute Gasteiger partial charge is 0.480 e. The number of carbonyl (C=O) groups excluding carboxylic acids is 3. The number of thiophene rings is 3. The molecule has 3 N–H and O–H groups in total. The van der Waals surface area contributed by atoms with Gasteiger partial charge in [-0.05, 0) is 216 Å². The van der Waals surface area contributed by atoms with Gasteiger partial charge < -0.3 is 24.6 Å². The Morgan fingerprint density at radius 1 is 0.528 bits per heavy atom. The van der Waals surface area contributed by atoms with Gasteiger partial charge in [-0.15, -0.1) is 34.0 Å². The first-order chi connectivity index (χ1) is 50.3. The van der Waals surface area contributed by atoms with Crippen molar-refractivity contribution in [1.82, 2.24) is 27.4 Å². The molecule has 0 radical (unpaired) electrons. The zero-order valence-corrected chi connectivity index (χ0v) is 67.4. The number of carbonyl (C=O) groups is 4. The van der Waals surface area contributed by atoms with Crippen molar-refractivity contribution >= 4 is 112 Å². The highest BCUT2D eigenvalue weighted by Gasteiger charge is 2.42. The van der Waals surface area contributed by atoms with Gasteiger partial charge in [-0.2, -0.15) is 13.2 Å². The van der Waals surface area contributed by atoms with E-state index < -0.39 is 99.1 Å². The van der Waals surface area contributed by atoms with Crippen LogP contribution < -0.4 is 33.7 Å². The van der Waals surface area contributed by atoms with Gasteiger partial charge in [0.1, 0.15) is 42.3 Å². The molecule has 0 atom stereocenters. The zero-order chi connectivity index (χ0) is 80.7. The summed E-state index contributed by atoms with van der Waals surface area (Å²) in [6.45, 7) is 28.9. The normalized spacial score (nSPS) is 13.9. The lowest BCUT2D eigenvalue weighted by molar-refractivity contribution is -0.165. The Morgan fingerprint density at radius 3 is 1.05 bits per heavy atom. The van der Waals surface area contributed by atoms with Gasteiger partial charge in [-0.25, -0.2) is 42.5 Å². The van der Waals surface area contributed by atoms with Crippen LogP contribution >= 0.6 is 49.9 Å². The van der Waals surface area contributed by atoms with E-state index in [4.69, 9.17) is 25.7 Å². The summed E-state index contributed by atoms with van der Waals surface area (Å²) >= 11 is 7.93. The molecule has 12 rings (SSSR count). The Balaban J connectivity index is 0.000000232. The van der Waals surface area contributed by atoms with Crippen molar-refractivity contribution in [3.8, 4) is 0 Å². The van der Waals surface area contributed by atoms with Crippen LogP contribution in [-0.4, -0.2) is 91.2 Å². The van der Waals surface area contributed by atoms with Crippen molar-refractivity contribution in [2.45, 2.75) is 254 Å². The number of rotatable bonds is 18. The van der Waals surface area contributed by atoms with Gasteiger partial charge >= 0.3 is 48.3 Å². The minimum absolute atomic E-state index is 0. The van der Waals surface area contributed by atoms with Gasteiger partial charge in [0.05, 0.1) is 19.9 Å². The topological polar surface area (TPSA) is 279 Å². The average molecular weight is 1620 g/mol. The van der Waals surface area contributed by atoms with Crippen molar-refractivity contribution in [2.75, 3.05) is 0 Å². The first-order valence-corrected chi connectivity index (χ1v) is 38.6. The molecule has 3 saturated carbocycles. The lowest BCUT2D eigenvalue weighted by Gasteiger charge is -2.30.